The molecule has 4 nitrogen and oxygen atoms in total. The van der Waals surface area contributed by atoms with Crippen LogP contribution in [0.15, 0.2) is 53.4 Å². The van der Waals surface area contributed by atoms with Crippen LogP contribution in [0.4, 0.5) is 5.69 Å². The molecule has 0 aliphatic carbocycles. The molecule has 0 saturated carbocycles. The van der Waals surface area contributed by atoms with Crippen molar-refractivity contribution in [2.24, 2.45) is 5.73 Å². The first-order chi connectivity index (χ1) is 10.0. The van der Waals surface area contributed by atoms with Crippen molar-refractivity contribution in [2.75, 3.05) is 11.3 Å². The van der Waals surface area contributed by atoms with Crippen LogP contribution in [0.2, 0.25) is 5.02 Å². The second-order valence-electron chi connectivity index (χ2n) is 4.15. The molecule has 0 heterocycles. The van der Waals surface area contributed by atoms with Gasteiger partial charge in [-0.05, 0) is 36.4 Å². The standard InChI is InChI=1S/C15H13ClN2O2S/c16-13-6-2-7-14(11-13)18-21(19,20)15-8-1-4-12(10-15)5-3-9-17/h1-2,4,6-8,10-11,18H,9,17H2. The number of sulfonamides is 1. The average molecular weight is 321 g/mol. The van der Waals surface area contributed by atoms with Gasteiger partial charge in [0.1, 0.15) is 0 Å². The number of nitrogens with one attached hydrogen (secondary N) is 1. The molecule has 0 aliphatic rings. The van der Waals surface area contributed by atoms with Crippen molar-refractivity contribution in [3.8, 4) is 11.8 Å². The summed E-state index contributed by atoms with van der Waals surface area (Å²) in [4.78, 5) is 0.131. The molecular formula is C15H13ClN2O2S. The highest BCUT2D eigenvalue weighted by atomic mass is 35.5. The molecule has 2 aromatic carbocycles. The summed E-state index contributed by atoms with van der Waals surface area (Å²) in [6.07, 6.45) is 0. The number of halogens is 1. The van der Waals surface area contributed by atoms with E-state index in [0.717, 1.165) is 0 Å². The highest BCUT2D eigenvalue weighted by Gasteiger charge is 2.14. The maximum absolute atomic E-state index is 12.3. The highest BCUT2D eigenvalue weighted by Crippen LogP contribution is 2.19. The van der Waals surface area contributed by atoms with E-state index in [1.165, 1.54) is 18.2 Å². The lowest BCUT2D eigenvalue weighted by Crippen LogP contribution is -2.13. The monoisotopic (exact) mass is 320 g/mol. The van der Waals surface area contributed by atoms with Crippen molar-refractivity contribution < 1.29 is 8.42 Å². The average Bonchev–Trinajstić information content (AvgIpc) is 2.45. The third-order valence-electron chi connectivity index (χ3n) is 2.56. The van der Waals surface area contributed by atoms with Crippen LogP contribution >= 0.6 is 11.6 Å². The molecule has 2 rings (SSSR count). The maximum atomic E-state index is 12.3. The first kappa shape index (κ1) is 15.4. The van der Waals surface area contributed by atoms with Crippen LogP contribution < -0.4 is 10.5 Å². The zero-order valence-corrected chi connectivity index (χ0v) is 12.6. The molecule has 0 saturated heterocycles. The van der Waals surface area contributed by atoms with Gasteiger partial charge < -0.3 is 5.73 Å². The van der Waals surface area contributed by atoms with E-state index in [4.69, 9.17) is 17.3 Å². The highest BCUT2D eigenvalue weighted by molar-refractivity contribution is 7.92. The lowest BCUT2D eigenvalue weighted by molar-refractivity contribution is 0.601. The van der Waals surface area contributed by atoms with Crippen molar-refractivity contribution in [3.63, 3.8) is 0 Å². The molecular weight excluding hydrogens is 308 g/mol. The van der Waals surface area contributed by atoms with Gasteiger partial charge in [0.15, 0.2) is 0 Å². The molecule has 0 radical (unpaired) electrons. The predicted octanol–water partition coefficient (Wildman–Crippen LogP) is 2.45. The van der Waals surface area contributed by atoms with E-state index in [-0.39, 0.29) is 11.4 Å². The van der Waals surface area contributed by atoms with Gasteiger partial charge >= 0.3 is 0 Å². The van der Waals surface area contributed by atoms with Gasteiger partial charge in [-0.3, -0.25) is 4.72 Å². The molecule has 0 aliphatic heterocycles. The normalized spacial score (nSPS) is 10.6. The molecule has 21 heavy (non-hydrogen) atoms. The summed E-state index contributed by atoms with van der Waals surface area (Å²) in [7, 11) is -3.69. The summed E-state index contributed by atoms with van der Waals surface area (Å²) in [5.41, 5.74) is 6.30. The van der Waals surface area contributed by atoms with Crippen LogP contribution in [-0.4, -0.2) is 15.0 Å². The number of rotatable bonds is 3. The second-order valence-corrected chi connectivity index (χ2v) is 6.27. The zero-order valence-electron chi connectivity index (χ0n) is 11.0. The van der Waals surface area contributed by atoms with E-state index >= 15 is 0 Å². The quantitative estimate of drug-likeness (QED) is 0.853. The molecule has 0 amide bonds. The van der Waals surface area contributed by atoms with Crippen LogP contribution in [-0.2, 0) is 10.0 Å². The van der Waals surface area contributed by atoms with Crippen LogP contribution in [0.1, 0.15) is 5.56 Å². The summed E-state index contributed by atoms with van der Waals surface area (Å²) in [5, 5.41) is 0.456. The summed E-state index contributed by atoms with van der Waals surface area (Å²) in [6.45, 7) is 0.220. The number of anilines is 1. The van der Waals surface area contributed by atoms with Gasteiger partial charge in [0, 0.05) is 10.6 Å². The van der Waals surface area contributed by atoms with E-state index in [1.807, 2.05) is 0 Å². The molecule has 0 fully saturated rings. The second kappa shape index (κ2) is 6.64. The minimum Gasteiger partial charge on any atom is -0.320 e. The van der Waals surface area contributed by atoms with E-state index in [9.17, 15) is 8.42 Å². The van der Waals surface area contributed by atoms with E-state index in [2.05, 4.69) is 16.6 Å². The molecule has 6 heteroatoms. The van der Waals surface area contributed by atoms with E-state index in [1.54, 1.807) is 30.3 Å². The first-order valence-corrected chi connectivity index (χ1v) is 7.95. The number of benzene rings is 2. The third kappa shape index (κ3) is 4.23. The van der Waals surface area contributed by atoms with Gasteiger partial charge in [0.05, 0.1) is 17.1 Å². The lowest BCUT2D eigenvalue weighted by atomic mass is 10.2. The lowest BCUT2D eigenvalue weighted by Gasteiger charge is -2.08. The Hall–Kier alpha value is -2.00. The van der Waals surface area contributed by atoms with E-state index < -0.39 is 10.0 Å². The minimum absolute atomic E-state index is 0.131. The molecule has 3 N–H and O–H groups in total. The Balaban J connectivity index is 2.31. The first-order valence-electron chi connectivity index (χ1n) is 6.09. The number of nitrogens with two attached hydrogens (primary N) is 1. The molecule has 108 valence electrons. The van der Waals surface area contributed by atoms with Gasteiger partial charge in [-0.1, -0.05) is 35.6 Å². The summed E-state index contributed by atoms with van der Waals surface area (Å²) in [6, 6.07) is 12.9. The largest absolute Gasteiger partial charge is 0.320 e. The van der Waals surface area contributed by atoms with Gasteiger partial charge in [0.2, 0.25) is 0 Å². The molecule has 0 bridgehead atoms. The summed E-state index contributed by atoms with van der Waals surface area (Å²) in [5.74, 6) is 5.49. The Kier molecular flexibility index (Phi) is 4.86. The molecule has 2 aromatic rings. The Morgan fingerprint density at radius 3 is 2.62 bits per heavy atom. The molecule has 0 atom stereocenters. The Bertz CT molecular complexity index is 808. The van der Waals surface area contributed by atoms with Crippen molar-refractivity contribution >= 4 is 27.3 Å². The van der Waals surface area contributed by atoms with Gasteiger partial charge in [-0.25, -0.2) is 8.42 Å². The van der Waals surface area contributed by atoms with Crippen LogP contribution in [0.5, 0.6) is 0 Å². The smallest absolute Gasteiger partial charge is 0.261 e. The number of hydrogen-bond donors (Lipinski definition) is 2. The van der Waals surface area contributed by atoms with Crippen LogP contribution in [0, 0.1) is 11.8 Å². The SMILES string of the molecule is NCC#Cc1cccc(S(=O)(=O)Nc2cccc(Cl)c2)c1. The maximum Gasteiger partial charge on any atom is 0.261 e. The van der Waals surface area contributed by atoms with Crippen LogP contribution in [0.3, 0.4) is 0 Å². The Morgan fingerprint density at radius 2 is 1.90 bits per heavy atom. The fraction of sp³-hybridized carbons (Fsp3) is 0.0667. The molecule has 0 unspecified atom stereocenters. The fourth-order valence-corrected chi connectivity index (χ4v) is 2.95. The van der Waals surface area contributed by atoms with Crippen molar-refractivity contribution in [1.82, 2.24) is 0 Å². The van der Waals surface area contributed by atoms with Crippen molar-refractivity contribution in [3.05, 3.63) is 59.1 Å². The number of hydrogen-bond acceptors (Lipinski definition) is 3. The topological polar surface area (TPSA) is 72.2 Å². The fourth-order valence-electron chi connectivity index (χ4n) is 1.66. The Morgan fingerprint density at radius 1 is 1.14 bits per heavy atom. The van der Waals surface area contributed by atoms with Crippen molar-refractivity contribution in [1.29, 1.82) is 0 Å². The molecule has 0 aromatic heterocycles. The van der Waals surface area contributed by atoms with E-state index in [0.29, 0.717) is 16.3 Å². The summed E-state index contributed by atoms with van der Waals surface area (Å²) < 4.78 is 27.1. The van der Waals surface area contributed by atoms with Gasteiger partial charge in [0.25, 0.3) is 10.0 Å². The van der Waals surface area contributed by atoms with Gasteiger partial charge in [-0.15, -0.1) is 0 Å². The Labute approximate surface area is 129 Å². The predicted molar refractivity (Wildman–Crippen MR) is 84.6 cm³/mol. The third-order valence-corrected chi connectivity index (χ3v) is 4.17. The summed E-state index contributed by atoms with van der Waals surface area (Å²) >= 11 is 5.84. The zero-order chi connectivity index (χ0) is 15.3. The van der Waals surface area contributed by atoms with Crippen molar-refractivity contribution in [2.45, 2.75) is 4.90 Å². The van der Waals surface area contributed by atoms with Crippen LogP contribution in [0.25, 0.3) is 0 Å². The van der Waals surface area contributed by atoms with Gasteiger partial charge in [-0.2, -0.15) is 0 Å². The molecule has 0 spiro atoms. The minimum atomic E-state index is -3.69.